The van der Waals surface area contributed by atoms with E-state index in [0.29, 0.717) is 5.56 Å². The van der Waals surface area contributed by atoms with E-state index in [4.69, 9.17) is 23.7 Å². The van der Waals surface area contributed by atoms with Gasteiger partial charge in [-0.05, 0) is 54.8 Å². The second-order valence-electron chi connectivity index (χ2n) is 17.4. The van der Waals surface area contributed by atoms with E-state index >= 15 is 4.79 Å². The summed E-state index contributed by atoms with van der Waals surface area (Å²) in [6, 6.07) is 22.9. The first-order valence-electron chi connectivity index (χ1n) is 20.5. The summed E-state index contributed by atoms with van der Waals surface area (Å²) in [5, 5.41) is 40.2. The molecule has 4 aliphatic rings. The standard InChI is InChI=1S/C47H51NO14/c1-25-31(60-43(56)36(52)35(28-16-10-7-11-17-28)48-41(54)29-18-12-8-13-19-29)23-47(57)40(61-42(55)30-20-14-9-15-21-30)38-45(6,32(51)22-33-46(38,24-58-33)62-27(3)50)39(53)37(59-26(2)49)34(25)44(47,4)5/h7-21,31-33,35-38,40,51-52,57H,22-24H2,1-6H3,(H,48,54)/t31-,32+,33-,35+,36-,37-,38+,40-,45+,46+,47-/m0/s1. The van der Waals surface area contributed by atoms with E-state index in [-0.39, 0.29) is 35.3 Å². The number of carbonyl (C=O) groups excluding carboxylic acids is 6. The summed E-state index contributed by atoms with van der Waals surface area (Å²) in [7, 11) is 0. The smallest absolute Gasteiger partial charge is 0.338 e. The van der Waals surface area contributed by atoms with Gasteiger partial charge in [-0.15, -0.1) is 0 Å². The van der Waals surface area contributed by atoms with Crippen molar-refractivity contribution < 1.29 is 67.8 Å². The van der Waals surface area contributed by atoms with Crippen molar-refractivity contribution in [2.24, 2.45) is 16.7 Å². The molecular formula is C47H51NO14. The third-order valence-corrected chi connectivity index (χ3v) is 13.5. The van der Waals surface area contributed by atoms with Crippen molar-refractivity contribution in [2.75, 3.05) is 6.61 Å². The first-order chi connectivity index (χ1) is 29.3. The molecule has 3 fully saturated rings. The highest BCUT2D eigenvalue weighted by Gasteiger charge is 2.78. The average molecular weight is 854 g/mol. The van der Waals surface area contributed by atoms with Crippen molar-refractivity contribution in [3.8, 4) is 0 Å². The number of nitrogens with one attached hydrogen (secondary N) is 1. The molecule has 1 amide bonds. The molecule has 1 saturated heterocycles. The summed E-state index contributed by atoms with van der Waals surface area (Å²) in [5.41, 5.74) is -7.02. The lowest BCUT2D eigenvalue weighted by molar-refractivity contribution is -0.346. The number of hydrogen-bond donors (Lipinski definition) is 4. The minimum Gasteiger partial charge on any atom is -0.456 e. The van der Waals surface area contributed by atoms with Crippen molar-refractivity contribution in [1.82, 2.24) is 5.32 Å². The number of ketones is 1. The SMILES string of the molecule is CC(=O)O[C@@H]1C(=O)[C@]2(C)[C@H](O)C[C@@H]3OC[C@]3(OC(C)=O)[C@@H]2[C@H](OC(=O)c2ccccc2)[C@@]2(O)C[C@H](OC(=O)[C@@H](O)[C@H](NC(=O)c3ccccc3)c3ccccc3)C(C)=C1C2(C)C. The Bertz CT molecular complexity index is 2280. The molecule has 1 aliphatic heterocycles. The minimum absolute atomic E-state index is 0.00289. The number of ether oxygens (including phenoxy) is 5. The van der Waals surface area contributed by atoms with Crippen molar-refractivity contribution in [2.45, 2.75) is 108 Å². The van der Waals surface area contributed by atoms with Gasteiger partial charge in [-0.3, -0.25) is 19.2 Å². The number of amides is 1. The molecule has 3 aromatic rings. The van der Waals surface area contributed by atoms with Gasteiger partial charge in [0.2, 0.25) is 0 Å². The molecule has 2 saturated carbocycles. The van der Waals surface area contributed by atoms with Crippen LogP contribution in [0.5, 0.6) is 0 Å². The highest BCUT2D eigenvalue weighted by Crippen LogP contribution is 2.64. The molecule has 4 N–H and O–H groups in total. The molecule has 15 heteroatoms. The van der Waals surface area contributed by atoms with Crippen LogP contribution in [0, 0.1) is 16.7 Å². The number of fused-ring (bicyclic) bond motifs is 5. The lowest BCUT2D eigenvalue weighted by atomic mass is 9.44. The Labute approximate surface area is 358 Å². The van der Waals surface area contributed by atoms with E-state index < -0.39 is 113 Å². The molecule has 3 aromatic carbocycles. The van der Waals surface area contributed by atoms with Gasteiger partial charge in [-0.1, -0.05) is 80.6 Å². The maximum Gasteiger partial charge on any atom is 0.338 e. The summed E-state index contributed by atoms with van der Waals surface area (Å²) in [5.74, 6) is -6.84. The van der Waals surface area contributed by atoms with Gasteiger partial charge in [0.1, 0.15) is 23.9 Å². The van der Waals surface area contributed by atoms with E-state index in [2.05, 4.69) is 5.32 Å². The molecule has 7 rings (SSSR count). The fourth-order valence-electron chi connectivity index (χ4n) is 10.2. The van der Waals surface area contributed by atoms with Crippen molar-refractivity contribution >= 4 is 35.6 Å². The first kappa shape index (κ1) is 44.3. The molecule has 15 nitrogen and oxygen atoms in total. The first-order valence-corrected chi connectivity index (χ1v) is 20.5. The quantitative estimate of drug-likeness (QED) is 0.130. The molecular weight excluding hydrogens is 803 g/mol. The van der Waals surface area contributed by atoms with Crippen LogP contribution >= 0.6 is 0 Å². The van der Waals surface area contributed by atoms with Gasteiger partial charge < -0.3 is 44.3 Å². The molecule has 3 aliphatic carbocycles. The summed E-state index contributed by atoms with van der Waals surface area (Å²) in [4.78, 5) is 83.5. The maximum absolute atomic E-state index is 15.5. The zero-order valence-corrected chi connectivity index (χ0v) is 35.2. The Balaban J connectivity index is 1.39. The van der Waals surface area contributed by atoms with Gasteiger partial charge in [0.25, 0.3) is 5.91 Å². The number of aliphatic hydroxyl groups is 3. The number of Topliss-reactive ketones (excluding diaryl/α,β-unsaturated/α-hetero) is 1. The lowest BCUT2D eigenvalue weighted by Crippen LogP contribution is -2.82. The Morgan fingerprint density at radius 2 is 1.40 bits per heavy atom. The van der Waals surface area contributed by atoms with Crippen LogP contribution in [0.15, 0.2) is 102 Å². The van der Waals surface area contributed by atoms with Gasteiger partial charge in [-0.2, -0.15) is 0 Å². The molecule has 328 valence electrons. The number of aliphatic hydroxyl groups excluding tert-OH is 2. The fourth-order valence-corrected chi connectivity index (χ4v) is 10.2. The zero-order chi connectivity index (χ0) is 44.9. The van der Waals surface area contributed by atoms with Crippen LogP contribution in [-0.2, 0) is 42.9 Å². The van der Waals surface area contributed by atoms with Gasteiger partial charge in [-0.25, -0.2) is 9.59 Å². The van der Waals surface area contributed by atoms with E-state index in [0.717, 1.165) is 13.8 Å². The van der Waals surface area contributed by atoms with E-state index in [1.807, 2.05) is 0 Å². The Morgan fingerprint density at radius 1 is 0.823 bits per heavy atom. The monoisotopic (exact) mass is 853 g/mol. The molecule has 11 atom stereocenters. The molecule has 62 heavy (non-hydrogen) atoms. The second-order valence-corrected chi connectivity index (χ2v) is 17.4. The van der Waals surface area contributed by atoms with E-state index in [1.165, 1.54) is 26.0 Å². The third-order valence-electron chi connectivity index (χ3n) is 13.5. The van der Waals surface area contributed by atoms with Crippen LogP contribution in [0.2, 0.25) is 0 Å². The molecule has 0 spiro atoms. The lowest BCUT2D eigenvalue weighted by Gasteiger charge is -2.67. The van der Waals surface area contributed by atoms with Crippen LogP contribution in [-0.4, -0.2) is 105 Å². The number of benzene rings is 3. The highest BCUT2D eigenvalue weighted by atomic mass is 16.6. The van der Waals surface area contributed by atoms with Crippen molar-refractivity contribution in [3.63, 3.8) is 0 Å². The molecule has 0 radical (unpaired) electrons. The normalized spacial score (nSPS) is 31.9. The van der Waals surface area contributed by atoms with Gasteiger partial charge in [0.15, 0.2) is 23.6 Å². The number of hydrogen-bond acceptors (Lipinski definition) is 14. The van der Waals surface area contributed by atoms with Crippen molar-refractivity contribution in [3.05, 3.63) is 119 Å². The summed E-state index contributed by atoms with van der Waals surface area (Å²) in [6.45, 7) is 7.97. The number of esters is 4. The predicted octanol–water partition coefficient (Wildman–Crippen LogP) is 3.74. The van der Waals surface area contributed by atoms with Crippen LogP contribution in [0.25, 0.3) is 0 Å². The molecule has 1 heterocycles. The average Bonchev–Trinajstić information content (AvgIpc) is 3.24. The van der Waals surface area contributed by atoms with Crippen LogP contribution < -0.4 is 5.32 Å². The fraction of sp³-hybridized carbons (Fsp3) is 0.447. The predicted molar refractivity (Wildman–Crippen MR) is 218 cm³/mol. The number of rotatable bonds is 10. The summed E-state index contributed by atoms with van der Waals surface area (Å²) in [6.07, 6.45) is -10.5. The van der Waals surface area contributed by atoms with E-state index in [9.17, 15) is 39.3 Å². The topological polar surface area (TPSA) is 221 Å². The largest absolute Gasteiger partial charge is 0.456 e. The zero-order valence-electron chi connectivity index (χ0n) is 35.2. The third kappa shape index (κ3) is 7.29. The van der Waals surface area contributed by atoms with Crippen molar-refractivity contribution in [1.29, 1.82) is 0 Å². The molecule has 2 bridgehead atoms. The van der Waals surface area contributed by atoms with Gasteiger partial charge in [0.05, 0.1) is 35.6 Å². The molecule has 0 unspecified atom stereocenters. The highest BCUT2D eigenvalue weighted by molar-refractivity contribution is 5.96. The Kier molecular flexibility index (Phi) is 11.8. The minimum atomic E-state index is -2.39. The van der Waals surface area contributed by atoms with E-state index in [1.54, 1.807) is 92.7 Å². The summed E-state index contributed by atoms with van der Waals surface area (Å²) >= 11 is 0. The molecule has 0 aromatic heterocycles. The maximum atomic E-state index is 15.5. The van der Waals surface area contributed by atoms with Gasteiger partial charge >= 0.3 is 23.9 Å². The number of carbonyl (C=O) groups is 6. The summed E-state index contributed by atoms with van der Waals surface area (Å²) < 4.78 is 30.3. The van der Waals surface area contributed by atoms with Crippen LogP contribution in [0.1, 0.15) is 86.7 Å². The van der Waals surface area contributed by atoms with Crippen LogP contribution in [0.3, 0.4) is 0 Å². The van der Waals surface area contributed by atoms with Gasteiger partial charge in [0, 0.05) is 37.7 Å². The Morgan fingerprint density at radius 3 is 1.95 bits per heavy atom. The second kappa shape index (κ2) is 16.5. The Hall–Kier alpha value is -5.74. The van der Waals surface area contributed by atoms with Crippen LogP contribution in [0.4, 0.5) is 0 Å².